The number of hydrogen-bond donors (Lipinski definition) is 1. The molecule has 150 valence electrons. The van der Waals surface area contributed by atoms with E-state index < -0.39 is 0 Å². The molecule has 29 heavy (non-hydrogen) atoms. The number of carbonyl (C=O) groups is 1. The number of morpholine rings is 1. The van der Waals surface area contributed by atoms with Gasteiger partial charge in [-0.3, -0.25) is 4.79 Å². The molecule has 1 N–H and O–H groups in total. The number of carbonyl (C=O) groups excluding carboxylic acids is 1. The summed E-state index contributed by atoms with van der Waals surface area (Å²) in [6.07, 6.45) is 0. The molecule has 1 aliphatic rings. The third-order valence-corrected chi connectivity index (χ3v) is 5.64. The zero-order valence-electron chi connectivity index (χ0n) is 15.3. The van der Waals surface area contributed by atoms with Crippen molar-refractivity contribution in [1.29, 1.82) is 0 Å². The van der Waals surface area contributed by atoms with Crippen molar-refractivity contribution in [3.8, 4) is 11.3 Å². The summed E-state index contributed by atoms with van der Waals surface area (Å²) in [5, 5.41) is 4.35. The number of para-hydroxylation sites is 1. The lowest BCUT2D eigenvalue weighted by atomic mass is 10.2. The van der Waals surface area contributed by atoms with Crippen LogP contribution in [-0.2, 0) is 4.74 Å². The average Bonchev–Trinajstić information content (AvgIpc) is 3.21. The highest BCUT2D eigenvalue weighted by molar-refractivity contribution is 6.42. The number of hydrogen-bond acceptors (Lipinski definition) is 4. The second-order valence-electron chi connectivity index (χ2n) is 6.48. The minimum absolute atomic E-state index is 0.180. The highest BCUT2D eigenvalue weighted by Crippen LogP contribution is 2.35. The monoisotopic (exact) mass is 450 g/mol. The summed E-state index contributed by atoms with van der Waals surface area (Å²) in [6, 6.07) is 13.9. The number of rotatable bonds is 4. The molecule has 0 atom stereocenters. The predicted molar refractivity (Wildman–Crippen MR) is 117 cm³/mol. The Morgan fingerprint density at radius 3 is 2.48 bits per heavy atom. The van der Waals surface area contributed by atoms with Crippen LogP contribution in [0.5, 0.6) is 0 Å². The molecule has 0 unspecified atom stereocenters. The van der Waals surface area contributed by atoms with Gasteiger partial charge in [-0.15, -0.1) is 0 Å². The van der Waals surface area contributed by atoms with Crippen molar-refractivity contribution in [1.82, 2.24) is 0 Å². The second-order valence-corrected chi connectivity index (χ2v) is 7.70. The Labute approximate surface area is 183 Å². The lowest BCUT2D eigenvalue weighted by Crippen LogP contribution is -2.37. The van der Waals surface area contributed by atoms with Crippen LogP contribution >= 0.6 is 34.8 Å². The van der Waals surface area contributed by atoms with E-state index in [1.165, 1.54) is 0 Å². The van der Waals surface area contributed by atoms with Gasteiger partial charge in [-0.05, 0) is 42.5 Å². The van der Waals surface area contributed by atoms with Gasteiger partial charge in [-0.1, -0.05) is 40.9 Å². The van der Waals surface area contributed by atoms with Crippen LogP contribution in [0.15, 0.2) is 52.9 Å². The van der Waals surface area contributed by atoms with Gasteiger partial charge in [-0.2, -0.15) is 0 Å². The van der Waals surface area contributed by atoms with Crippen LogP contribution in [0.25, 0.3) is 11.3 Å². The average molecular weight is 452 g/mol. The second kappa shape index (κ2) is 8.67. The first-order chi connectivity index (χ1) is 14.0. The van der Waals surface area contributed by atoms with E-state index in [4.69, 9.17) is 44.0 Å². The summed E-state index contributed by atoms with van der Waals surface area (Å²) in [7, 11) is 0. The first-order valence-electron chi connectivity index (χ1n) is 9.01. The molecule has 1 fully saturated rings. The van der Waals surface area contributed by atoms with Gasteiger partial charge in [0.05, 0.1) is 39.7 Å². The Hall–Kier alpha value is -2.18. The number of anilines is 2. The van der Waals surface area contributed by atoms with Crippen molar-refractivity contribution < 1.29 is 13.9 Å². The lowest BCUT2D eigenvalue weighted by Gasteiger charge is -2.31. The minimum Gasteiger partial charge on any atom is -0.451 e. The van der Waals surface area contributed by atoms with Crippen LogP contribution in [0.4, 0.5) is 11.4 Å². The van der Waals surface area contributed by atoms with Gasteiger partial charge in [0.2, 0.25) is 0 Å². The van der Waals surface area contributed by atoms with Crippen molar-refractivity contribution in [2.45, 2.75) is 0 Å². The van der Waals surface area contributed by atoms with Crippen LogP contribution in [-0.4, -0.2) is 32.2 Å². The van der Waals surface area contributed by atoms with Crippen molar-refractivity contribution in [3.05, 3.63) is 69.4 Å². The first-order valence-corrected chi connectivity index (χ1v) is 10.1. The summed E-state index contributed by atoms with van der Waals surface area (Å²) < 4.78 is 11.1. The molecule has 0 aliphatic carbocycles. The van der Waals surface area contributed by atoms with Crippen molar-refractivity contribution in [2.75, 3.05) is 36.5 Å². The number of nitrogens with one attached hydrogen (secondary N) is 1. The van der Waals surface area contributed by atoms with Crippen LogP contribution in [0.3, 0.4) is 0 Å². The van der Waals surface area contributed by atoms with Crippen molar-refractivity contribution in [2.24, 2.45) is 0 Å². The highest BCUT2D eigenvalue weighted by Gasteiger charge is 2.20. The molecule has 3 aromatic rings. The molecular weight excluding hydrogens is 435 g/mol. The summed E-state index contributed by atoms with van der Waals surface area (Å²) in [5.41, 5.74) is 2.13. The number of amides is 1. The van der Waals surface area contributed by atoms with E-state index in [1.54, 1.807) is 42.5 Å². The van der Waals surface area contributed by atoms with Gasteiger partial charge >= 0.3 is 0 Å². The highest BCUT2D eigenvalue weighted by atomic mass is 35.5. The Bertz CT molecular complexity index is 1050. The molecule has 2 heterocycles. The molecule has 2 aromatic carbocycles. The van der Waals surface area contributed by atoms with E-state index in [1.807, 2.05) is 6.07 Å². The maximum atomic E-state index is 12.8. The maximum absolute atomic E-state index is 12.8. The van der Waals surface area contributed by atoms with E-state index in [9.17, 15) is 4.79 Å². The largest absolute Gasteiger partial charge is 0.451 e. The molecule has 4 rings (SSSR count). The third kappa shape index (κ3) is 4.38. The first kappa shape index (κ1) is 20.1. The molecule has 5 nitrogen and oxygen atoms in total. The van der Waals surface area contributed by atoms with Crippen LogP contribution in [0, 0.1) is 0 Å². The Morgan fingerprint density at radius 1 is 0.931 bits per heavy atom. The fourth-order valence-corrected chi connectivity index (χ4v) is 3.77. The zero-order chi connectivity index (χ0) is 20.4. The molecule has 0 saturated carbocycles. The topological polar surface area (TPSA) is 54.7 Å². The zero-order valence-corrected chi connectivity index (χ0v) is 17.5. The number of furan rings is 1. The van der Waals surface area contributed by atoms with Gasteiger partial charge in [-0.25, -0.2) is 0 Å². The number of benzene rings is 2. The fourth-order valence-electron chi connectivity index (χ4n) is 3.17. The standard InChI is InChI=1S/C21H17Cl3N2O3/c22-14-5-4-13(12-16(14)24)18-6-7-19(29-18)21(27)25-17-3-1-2-15(23)20(17)26-8-10-28-11-9-26/h1-7,12H,8-11H2,(H,25,27). The van der Waals surface area contributed by atoms with Gasteiger partial charge in [0.25, 0.3) is 5.91 Å². The van der Waals surface area contributed by atoms with E-state index in [0.29, 0.717) is 52.8 Å². The van der Waals surface area contributed by atoms with Gasteiger partial charge in [0.1, 0.15) is 5.76 Å². The Kier molecular flexibility index (Phi) is 6.01. The summed E-state index contributed by atoms with van der Waals surface area (Å²) >= 11 is 18.4. The van der Waals surface area contributed by atoms with E-state index in [2.05, 4.69) is 10.2 Å². The smallest absolute Gasteiger partial charge is 0.291 e. The van der Waals surface area contributed by atoms with Gasteiger partial charge in [0, 0.05) is 18.7 Å². The van der Waals surface area contributed by atoms with Crippen LogP contribution < -0.4 is 10.2 Å². The normalized spacial score (nSPS) is 14.1. The summed E-state index contributed by atoms with van der Waals surface area (Å²) in [5.74, 6) is 0.334. The van der Waals surface area contributed by atoms with Gasteiger partial charge in [0.15, 0.2) is 5.76 Å². The Balaban J connectivity index is 1.57. The molecular formula is C21H17Cl3N2O3. The lowest BCUT2D eigenvalue weighted by molar-refractivity contribution is 0.0997. The van der Waals surface area contributed by atoms with E-state index in [-0.39, 0.29) is 11.7 Å². The Morgan fingerprint density at radius 2 is 1.72 bits per heavy atom. The number of halogens is 3. The molecule has 1 aromatic heterocycles. The van der Waals surface area contributed by atoms with E-state index >= 15 is 0 Å². The molecule has 8 heteroatoms. The van der Waals surface area contributed by atoms with Crippen LogP contribution in [0.1, 0.15) is 10.6 Å². The van der Waals surface area contributed by atoms with Crippen molar-refractivity contribution >= 4 is 52.1 Å². The minimum atomic E-state index is -0.368. The molecule has 1 amide bonds. The van der Waals surface area contributed by atoms with E-state index in [0.717, 1.165) is 11.3 Å². The third-order valence-electron chi connectivity index (χ3n) is 4.60. The predicted octanol–water partition coefficient (Wildman–Crippen LogP) is 6.00. The van der Waals surface area contributed by atoms with Crippen molar-refractivity contribution in [3.63, 3.8) is 0 Å². The number of nitrogens with zero attached hydrogens (tertiary/aromatic N) is 1. The molecule has 0 radical (unpaired) electrons. The number of ether oxygens (including phenoxy) is 1. The van der Waals surface area contributed by atoms with Crippen LogP contribution in [0.2, 0.25) is 15.1 Å². The summed E-state index contributed by atoms with van der Waals surface area (Å²) in [4.78, 5) is 14.9. The summed E-state index contributed by atoms with van der Waals surface area (Å²) in [6.45, 7) is 2.64. The quantitative estimate of drug-likeness (QED) is 0.529. The molecule has 1 aliphatic heterocycles. The maximum Gasteiger partial charge on any atom is 0.291 e. The molecule has 0 spiro atoms. The SMILES string of the molecule is O=C(Nc1cccc(Cl)c1N1CCOCC1)c1ccc(-c2ccc(Cl)c(Cl)c2)o1. The van der Waals surface area contributed by atoms with Gasteiger partial charge < -0.3 is 19.4 Å². The molecule has 0 bridgehead atoms. The molecule has 1 saturated heterocycles. The fraction of sp³-hybridized carbons (Fsp3) is 0.190.